The van der Waals surface area contributed by atoms with Crippen molar-refractivity contribution in [3.63, 3.8) is 0 Å². The SMILES string of the molecule is C=Cc1cc(-c2cc(F)ccc2Cl)ccc1OC. The van der Waals surface area contributed by atoms with E-state index in [1.54, 1.807) is 19.3 Å². The molecule has 2 aromatic rings. The molecule has 0 aliphatic carbocycles. The van der Waals surface area contributed by atoms with Gasteiger partial charge in [0.1, 0.15) is 11.6 Å². The van der Waals surface area contributed by atoms with Crippen molar-refractivity contribution in [2.75, 3.05) is 7.11 Å². The van der Waals surface area contributed by atoms with Crippen LogP contribution >= 0.6 is 11.6 Å². The summed E-state index contributed by atoms with van der Waals surface area (Å²) in [4.78, 5) is 0. The maximum atomic E-state index is 13.3. The second-order valence-corrected chi connectivity index (χ2v) is 4.19. The Kier molecular flexibility index (Phi) is 3.68. The zero-order chi connectivity index (χ0) is 13.1. The summed E-state index contributed by atoms with van der Waals surface area (Å²) in [6.07, 6.45) is 1.69. The lowest BCUT2D eigenvalue weighted by Crippen LogP contribution is -1.89. The van der Waals surface area contributed by atoms with E-state index < -0.39 is 0 Å². The first-order chi connectivity index (χ1) is 8.65. The van der Waals surface area contributed by atoms with Crippen molar-refractivity contribution in [2.24, 2.45) is 0 Å². The molecule has 0 amide bonds. The quantitative estimate of drug-likeness (QED) is 0.772. The van der Waals surface area contributed by atoms with E-state index >= 15 is 0 Å². The Labute approximate surface area is 110 Å². The number of rotatable bonds is 3. The third-order valence-corrected chi connectivity index (χ3v) is 3.02. The van der Waals surface area contributed by atoms with Crippen molar-refractivity contribution >= 4 is 17.7 Å². The molecule has 0 N–H and O–H groups in total. The van der Waals surface area contributed by atoms with Crippen LogP contribution in [0.1, 0.15) is 5.56 Å². The Morgan fingerprint density at radius 2 is 2.00 bits per heavy atom. The van der Waals surface area contributed by atoms with E-state index in [0.717, 1.165) is 16.9 Å². The van der Waals surface area contributed by atoms with Crippen LogP contribution in [0.2, 0.25) is 5.02 Å². The second kappa shape index (κ2) is 5.23. The molecule has 0 unspecified atom stereocenters. The normalized spacial score (nSPS) is 10.2. The highest BCUT2D eigenvalue weighted by Crippen LogP contribution is 2.32. The number of hydrogen-bond acceptors (Lipinski definition) is 1. The number of ether oxygens (including phenoxy) is 1. The van der Waals surface area contributed by atoms with E-state index in [0.29, 0.717) is 10.6 Å². The third-order valence-electron chi connectivity index (χ3n) is 2.69. The molecule has 3 heteroatoms. The van der Waals surface area contributed by atoms with Gasteiger partial charge in [-0.25, -0.2) is 4.39 Å². The van der Waals surface area contributed by atoms with Crippen LogP contribution in [0.25, 0.3) is 17.2 Å². The molecule has 18 heavy (non-hydrogen) atoms. The van der Waals surface area contributed by atoms with Gasteiger partial charge in [-0.15, -0.1) is 0 Å². The van der Waals surface area contributed by atoms with Crippen LogP contribution in [-0.4, -0.2) is 7.11 Å². The minimum atomic E-state index is -0.314. The third kappa shape index (κ3) is 2.39. The molecule has 0 heterocycles. The number of methoxy groups -OCH3 is 1. The summed E-state index contributed by atoms with van der Waals surface area (Å²) in [6, 6.07) is 9.82. The standard InChI is InChI=1S/C15H12ClFO/c1-3-10-8-11(4-7-15(10)18-2)13-9-12(17)5-6-14(13)16/h3-9H,1H2,2H3. The Morgan fingerprint density at radius 1 is 1.22 bits per heavy atom. The van der Waals surface area contributed by atoms with Gasteiger partial charge in [0, 0.05) is 16.1 Å². The molecule has 0 saturated heterocycles. The maximum absolute atomic E-state index is 13.3. The van der Waals surface area contributed by atoms with Gasteiger partial charge >= 0.3 is 0 Å². The Hall–Kier alpha value is -1.80. The van der Waals surface area contributed by atoms with E-state index in [-0.39, 0.29) is 5.82 Å². The fourth-order valence-corrected chi connectivity index (χ4v) is 2.01. The van der Waals surface area contributed by atoms with Gasteiger partial charge in [0.25, 0.3) is 0 Å². The highest BCUT2D eigenvalue weighted by molar-refractivity contribution is 6.33. The molecule has 0 atom stereocenters. The van der Waals surface area contributed by atoms with Crippen LogP contribution < -0.4 is 4.74 Å². The lowest BCUT2D eigenvalue weighted by molar-refractivity contribution is 0.414. The lowest BCUT2D eigenvalue weighted by atomic mass is 10.0. The minimum Gasteiger partial charge on any atom is -0.496 e. The largest absolute Gasteiger partial charge is 0.496 e. The first-order valence-corrected chi connectivity index (χ1v) is 5.79. The van der Waals surface area contributed by atoms with Gasteiger partial charge in [-0.1, -0.05) is 30.3 Å². The van der Waals surface area contributed by atoms with Gasteiger partial charge < -0.3 is 4.74 Å². The second-order valence-electron chi connectivity index (χ2n) is 3.79. The first-order valence-electron chi connectivity index (χ1n) is 5.41. The number of hydrogen-bond donors (Lipinski definition) is 0. The van der Waals surface area contributed by atoms with E-state index in [4.69, 9.17) is 16.3 Å². The van der Waals surface area contributed by atoms with Gasteiger partial charge in [-0.05, 0) is 35.9 Å². The minimum absolute atomic E-state index is 0.314. The molecular formula is C15H12ClFO. The molecule has 2 rings (SSSR count). The fourth-order valence-electron chi connectivity index (χ4n) is 1.78. The number of benzene rings is 2. The van der Waals surface area contributed by atoms with E-state index in [9.17, 15) is 4.39 Å². The van der Waals surface area contributed by atoms with Crippen LogP contribution in [0.15, 0.2) is 43.0 Å². The van der Waals surface area contributed by atoms with E-state index in [2.05, 4.69) is 6.58 Å². The summed E-state index contributed by atoms with van der Waals surface area (Å²) in [5, 5.41) is 0.511. The Bertz CT molecular complexity index is 593. The van der Waals surface area contributed by atoms with Gasteiger partial charge in [0.15, 0.2) is 0 Å². The highest BCUT2D eigenvalue weighted by atomic mass is 35.5. The van der Waals surface area contributed by atoms with Crippen molar-refractivity contribution in [3.8, 4) is 16.9 Å². The summed E-state index contributed by atoms with van der Waals surface area (Å²) in [5.41, 5.74) is 2.33. The molecule has 0 aromatic heterocycles. The molecule has 0 fully saturated rings. The monoisotopic (exact) mass is 262 g/mol. The Balaban J connectivity index is 2.57. The summed E-state index contributed by atoms with van der Waals surface area (Å²) < 4.78 is 18.5. The van der Waals surface area contributed by atoms with Crippen LogP contribution in [0, 0.1) is 5.82 Å². The molecule has 0 saturated carbocycles. The molecule has 1 nitrogen and oxygen atoms in total. The smallest absolute Gasteiger partial charge is 0.126 e. The highest BCUT2D eigenvalue weighted by Gasteiger charge is 2.07. The van der Waals surface area contributed by atoms with Crippen LogP contribution in [0.5, 0.6) is 5.75 Å². The summed E-state index contributed by atoms with van der Waals surface area (Å²) in [6.45, 7) is 3.73. The van der Waals surface area contributed by atoms with Crippen molar-refractivity contribution in [1.29, 1.82) is 0 Å². The summed E-state index contributed by atoms with van der Waals surface area (Å²) in [7, 11) is 1.59. The predicted octanol–water partition coefficient (Wildman–Crippen LogP) is 4.80. The first kappa shape index (κ1) is 12.7. The number of halogens is 2. The molecule has 92 valence electrons. The molecular weight excluding hydrogens is 251 g/mol. The van der Waals surface area contributed by atoms with Gasteiger partial charge in [0.2, 0.25) is 0 Å². The van der Waals surface area contributed by atoms with Gasteiger partial charge in [-0.3, -0.25) is 0 Å². The molecule has 0 aliphatic rings. The lowest BCUT2D eigenvalue weighted by Gasteiger charge is -2.09. The zero-order valence-electron chi connectivity index (χ0n) is 9.91. The average Bonchev–Trinajstić information content (AvgIpc) is 2.40. The fraction of sp³-hybridized carbons (Fsp3) is 0.0667. The summed E-state index contributed by atoms with van der Waals surface area (Å²) >= 11 is 6.08. The molecule has 0 spiro atoms. The summed E-state index contributed by atoms with van der Waals surface area (Å²) in [5.74, 6) is 0.409. The molecule has 0 aliphatic heterocycles. The van der Waals surface area contributed by atoms with E-state index in [1.807, 2.05) is 18.2 Å². The van der Waals surface area contributed by atoms with Crippen LogP contribution in [0.4, 0.5) is 4.39 Å². The van der Waals surface area contributed by atoms with Crippen molar-refractivity contribution < 1.29 is 9.13 Å². The van der Waals surface area contributed by atoms with Gasteiger partial charge in [-0.2, -0.15) is 0 Å². The maximum Gasteiger partial charge on any atom is 0.126 e. The van der Waals surface area contributed by atoms with E-state index in [1.165, 1.54) is 12.1 Å². The van der Waals surface area contributed by atoms with Crippen molar-refractivity contribution in [3.05, 3.63) is 59.4 Å². The Morgan fingerprint density at radius 3 is 2.67 bits per heavy atom. The molecule has 0 bridgehead atoms. The topological polar surface area (TPSA) is 9.23 Å². The average molecular weight is 263 g/mol. The van der Waals surface area contributed by atoms with Crippen LogP contribution in [-0.2, 0) is 0 Å². The van der Waals surface area contributed by atoms with Gasteiger partial charge in [0.05, 0.1) is 7.11 Å². The molecule has 2 aromatic carbocycles. The zero-order valence-corrected chi connectivity index (χ0v) is 10.7. The van der Waals surface area contributed by atoms with Crippen LogP contribution in [0.3, 0.4) is 0 Å². The molecule has 0 radical (unpaired) electrons. The van der Waals surface area contributed by atoms with Crippen molar-refractivity contribution in [1.82, 2.24) is 0 Å². The van der Waals surface area contributed by atoms with Crippen molar-refractivity contribution in [2.45, 2.75) is 0 Å². The predicted molar refractivity (Wildman–Crippen MR) is 73.5 cm³/mol.